The van der Waals surface area contributed by atoms with E-state index in [1.165, 1.54) is 6.42 Å². The molecule has 3 nitrogen and oxygen atoms in total. The maximum absolute atomic E-state index is 12.7. The van der Waals surface area contributed by atoms with Crippen LogP contribution in [0.3, 0.4) is 0 Å². The van der Waals surface area contributed by atoms with Crippen molar-refractivity contribution in [2.45, 2.75) is 65.4 Å². The molecule has 3 atom stereocenters. The fraction of sp³-hybridized carbons (Fsp3) is 0.750. The van der Waals surface area contributed by atoms with Crippen LogP contribution in [-0.4, -0.2) is 23.1 Å². The molecular formula is C20H28O3. The summed E-state index contributed by atoms with van der Waals surface area (Å²) in [5.41, 5.74) is 1.26. The van der Waals surface area contributed by atoms with Gasteiger partial charge < -0.3 is 9.84 Å². The second-order valence-electron chi connectivity index (χ2n) is 9.07. The van der Waals surface area contributed by atoms with Crippen molar-refractivity contribution in [3.05, 3.63) is 23.0 Å². The first-order chi connectivity index (χ1) is 10.7. The predicted molar refractivity (Wildman–Crippen MR) is 89.1 cm³/mol. The number of Topliss-reactive ketones (excluding diaryl/α,β-unsaturated/α-hetero) is 1. The van der Waals surface area contributed by atoms with Gasteiger partial charge in [-0.05, 0) is 49.0 Å². The first-order valence-electron chi connectivity index (χ1n) is 9.09. The third kappa shape index (κ3) is 1.77. The van der Waals surface area contributed by atoms with Gasteiger partial charge in [-0.25, -0.2) is 0 Å². The number of hydrogen-bond donors (Lipinski definition) is 1. The lowest BCUT2D eigenvalue weighted by atomic mass is 9.47. The molecule has 0 aromatic rings. The highest BCUT2D eigenvalue weighted by molar-refractivity contribution is 6.09. The Bertz CT molecular complexity index is 639. The van der Waals surface area contributed by atoms with Crippen LogP contribution in [0.5, 0.6) is 0 Å². The molecule has 0 aromatic heterocycles. The number of carbonyl (C=O) groups excluding carboxylic acids is 1. The number of allylic oxidation sites excluding steroid dienone is 1. The summed E-state index contributed by atoms with van der Waals surface area (Å²) in [6, 6.07) is 0. The average Bonchev–Trinajstić information content (AvgIpc) is 2.67. The minimum atomic E-state index is -0.512. The van der Waals surface area contributed by atoms with Crippen LogP contribution in [0.2, 0.25) is 0 Å². The summed E-state index contributed by atoms with van der Waals surface area (Å²) in [4.78, 5) is 12.7. The standard InChI is InChI=1S/C20H28O3/c1-12(2)13-10-20-9-6-14-18(3,4)7-5-8-19(14,11-23-20)17(20)16(22)15(13)21/h10,12,14,22H,5-9,11H2,1-4H3/t14-,19+,20+/m1/s1. The van der Waals surface area contributed by atoms with Gasteiger partial charge in [-0.1, -0.05) is 34.1 Å². The third-order valence-corrected chi connectivity index (χ3v) is 7.09. The van der Waals surface area contributed by atoms with Crippen LogP contribution in [0, 0.1) is 22.7 Å². The Morgan fingerprint density at radius 3 is 2.70 bits per heavy atom. The van der Waals surface area contributed by atoms with Crippen molar-refractivity contribution in [1.82, 2.24) is 0 Å². The van der Waals surface area contributed by atoms with Crippen LogP contribution in [0.25, 0.3) is 0 Å². The lowest BCUT2D eigenvalue weighted by molar-refractivity contribution is -0.116. The Kier molecular flexibility index (Phi) is 3.02. The first kappa shape index (κ1) is 15.4. The number of aliphatic hydroxyl groups excluding tert-OH is 1. The zero-order valence-electron chi connectivity index (χ0n) is 14.7. The number of aliphatic hydroxyl groups is 1. The van der Waals surface area contributed by atoms with Gasteiger partial charge in [0.15, 0.2) is 5.76 Å². The second-order valence-corrected chi connectivity index (χ2v) is 9.07. The minimum Gasteiger partial charge on any atom is -0.504 e. The molecule has 1 aliphatic heterocycles. The Labute approximate surface area is 138 Å². The van der Waals surface area contributed by atoms with E-state index in [0.29, 0.717) is 12.5 Å². The van der Waals surface area contributed by atoms with E-state index in [1.54, 1.807) is 0 Å². The Morgan fingerprint density at radius 1 is 1.26 bits per heavy atom. The molecule has 3 fully saturated rings. The van der Waals surface area contributed by atoms with Crippen molar-refractivity contribution in [3.63, 3.8) is 0 Å². The second kappa shape index (κ2) is 4.50. The van der Waals surface area contributed by atoms with Crippen molar-refractivity contribution >= 4 is 5.78 Å². The molecule has 1 saturated heterocycles. The Balaban J connectivity index is 1.90. The van der Waals surface area contributed by atoms with Gasteiger partial charge in [0.1, 0.15) is 5.60 Å². The van der Waals surface area contributed by atoms with Gasteiger partial charge in [0.25, 0.3) is 0 Å². The van der Waals surface area contributed by atoms with Gasteiger partial charge in [-0.2, -0.15) is 0 Å². The molecular weight excluding hydrogens is 288 g/mol. The highest BCUT2D eigenvalue weighted by Crippen LogP contribution is 2.68. The predicted octanol–water partition coefficient (Wildman–Crippen LogP) is 4.34. The summed E-state index contributed by atoms with van der Waals surface area (Å²) in [5, 5.41) is 10.9. The van der Waals surface area contributed by atoms with Gasteiger partial charge >= 0.3 is 0 Å². The first-order valence-corrected chi connectivity index (χ1v) is 9.09. The Hall–Kier alpha value is -1.09. The molecule has 3 aliphatic carbocycles. The summed E-state index contributed by atoms with van der Waals surface area (Å²) in [6.07, 6.45) is 7.49. The molecule has 126 valence electrons. The summed E-state index contributed by atoms with van der Waals surface area (Å²) in [7, 11) is 0. The van der Waals surface area contributed by atoms with Crippen molar-refractivity contribution in [3.8, 4) is 0 Å². The summed E-state index contributed by atoms with van der Waals surface area (Å²) < 4.78 is 6.37. The summed E-state index contributed by atoms with van der Waals surface area (Å²) in [5.74, 6) is 0.454. The highest BCUT2D eigenvalue weighted by Gasteiger charge is 2.66. The fourth-order valence-electron chi connectivity index (χ4n) is 6.09. The van der Waals surface area contributed by atoms with Crippen LogP contribution in [0.1, 0.15) is 59.8 Å². The third-order valence-electron chi connectivity index (χ3n) is 7.09. The van der Waals surface area contributed by atoms with Crippen LogP contribution < -0.4 is 0 Å². The largest absolute Gasteiger partial charge is 0.504 e. The number of rotatable bonds is 1. The number of carbonyl (C=O) groups is 1. The molecule has 0 aromatic carbocycles. The Morgan fingerprint density at radius 2 is 2.00 bits per heavy atom. The quantitative estimate of drug-likeness (QED) is 0.783. The number of ether oxygens (including phenoxy) is 1. The number of ketones is 1. The maximum atomic E-state index is 12.7. The molecule has 1 heterocycles. The van der Waals surface area contributed by atoms with Gasteiger partial charge in [0.05, 0.1) is 6.61 Å². The minimum absolute atomic E-state index is 0.0103. The van der Waals surface area contributed by atoms with Crippen LogP contribution in [0.15, 0.2) is 23.0 Å². The van der Waals surface area contributed by atoms with E-state index in [2.05, 4.69) is 19.9 Å². The van der Waals surface area contributed by atoms with E-state index in [1.807, 2.05) is 13.8 Å². The van der Waals surface area contributed by atoms with Crippen molar-refractivity contribution in [2.75, 3.05) is 6.61 Å². The molecule has 3 heteroatoms. The molecule has 0 radical (unpaired) electrons. The van der Waals surface area contributed by atoms with Crippen LogP contribution in [-0.2, 0) is 9.53 Å². The monoisotopic (exact) mass is 316 g/mol. The van der Waals surface area contributed by atoms with E-state index in [9.17, 15) is 9.90 Å². The summed E-state index contributed by atoms with van der Waals surface area (Å²) in [6.45, 7) is 9.39. The normalized spacial score (nSPS) is 41.7. The van der Waals surface area contributed by atoms with Gasteiger partial charge in [0.2, 0.25) is 5.78 Å². The van der Waals surface area contributed by atoms with Crippen LogP contribution >= 0.6 is 0 Å². The van der Waals surface area contributed by atoms with E-state index in [4.69, 9.17) is 4.74 Å². The smallest absolute Gasteiger partial charge is 0.223 e. The van der Waals surface area contributed by atoms with E-state index in [-0.39, 0.29) is 28.3 Å². The van der Waals surface area contributed by atoms with Crippen molar-refractivity contribution in [1.29, 1.82) is 0 Å². The molecule has 1 N–H and O–H groups in total. The van der Waals surface area contributed by atoms with Crippen molar-refractivity contribution in [2.24, 2.45) is 22.7 Å². The zero-order valence-corrected chi connectivity index (χ0v) is 14.7. The van der Waals surface area contributed by atoms with Crippen molar-refractivity contribution < 1.29 is 14.6 Å². The maximum Gasteiger partial charge on any atom is 0.223 e. The SMILES string of the molecule is CC(C)C1=C[C@]23CC[C@@H]4C(C)(C)CCC[C@@]4(CO2)C3=C(O)C1=O. The molecule has 4 aliphatic rings. The average molecular weight is 316 g/mol. The lowest BCUT2D eigenvalue weighted by Crippen LogP contribution is -2.52. The van der Waals surface area contributed by atoms with E-state index >= 15 is 0 Å². The van der Waals surface area contributed by atoms with E-state index in [0.717, 1.165) is 36.8 Å². The molecule has 2 bridgehead atoms. The molecule has 0 unspecified atom stereocenters. The lowest BCUT2D eigenvalue weighted by Gasteiger charge is -2.55. The molecule has 0 amide bonds. The fourth-order valence-corrected chi connectivity index (χ4v) is 6.09. The molecule has 1 spiro atoms. The highest BCUT2D eigenvalue weighted by atomic mass is 16.5. The summed E-state index contributed by atoms with van der Waals surface area (Å²) >= 11 is 0. The van der Waals surface area contributed by atoms with Gasteiger partial charge in [-0.3, -0.25) is 4.79 Å². The zero-order chi connectivity index (χ0) is 16.6. The topological polar surface area (TPSA) is 46.5 Å². The number of hydrogen-bond acceptors (Lipinski definition) is 3. The van der Waals surface area contributed by atoms with Gasteiger partial charge in [-0.15, -0.1) is 0 Å². The molecule has 23 heavy (non-hydrogen) atoms. The molecule has 4 rings (SSSR count). The molecule has 2 saturated carbocycles. The van der Waals surface area contributed by atoms with E-state index < -0.39 is 5.60 Å². The van der Waals surface area contributed by atoms with Gasteiger partial charge in [0, 0.05) is 16.6 Å². The van der Waals surface area contributed by atoms with Crippen LogP contribution in [0.4, 0.5) is 0 Å².